The molecule has 3 nitrogen and oxygen atoms in total. The summed E-state index contributed by atoms with van der Waals surface area (Å²) in [5.74, 6) is -1.05. The van der Waals surface area contributed by atoms with Crippen molar-refractivity contribution < 1.29 is 14.3 Å². The summed E-state index contributed by atoms with van der Waals surface area (Å²) in [6.07, 6.45) is 0.929. The number of rotatable bonds is 3. The summed E-state index contributed by atoms with van der Waals surface area (Å²) < 4.78 is 4.81. The minimum Gasteiger partial charge on any atom is -0.389 e. The molecule has 2 aromatic carbocycles. The third kappa shape index (κ3) is 2.56. The van der Waals surface area contributed by atoms with Gasteiger partial charge in [0.25, 0.3) is 0 Å². The Hall–Kier alpha value is -2.16. The molecule has 0 unspecified atom stereocenters. The van der Waals surface area contributed by atoms with Crippen molar-refractivity contribution in [3.63, 3.8) is 0 Å². The van der Waals surface area contributed by atoms with Gasteiger partial charge in [-0.2, -0.15) is 0 Å². The van der Waals surface area contributed by atoms with Gasteiger partial charge in [-0.05, 0) is 23.3 Å². The van der Waals surface area contributed by atoms with Crippen LogP contribution in [-0.2, 0) is 9.53 Å². The number of carbonyl (C=O) groups excluding carboxylic acids is 2. The second-order valence-corrected chi connectivity index (χ2v) is 4.04. The van der Waals surface area contributed by atoms with Crippen LogP contribution in [0.2, 0.25) is 0 Å². The first-order valence-corrected chi connectivity index (χ1v) is 5.95. The molecule has 18 heavy (non-hydrogen) atoms. The molecule has 0 atom stereocenters. The van der Waals surface area contributed by atoms with Gasteiger partial charge in [-0.15, -0.1) is 0 Å². The van der Waals surface area contributed by atoms with Crippen molar-refractivity contribution in [3.8, 4) is 0 Å². The number of hydrogen-bond donors (Lipinski definition) is 0. The number of hydrogen-bond acceptors (Lipinski definition) is 3. The minimum atomic E-state index is -0.578. The molecule has 0 N–H and O–H groups in total. The molecule has 0 aliphatic carbocycles. The maximum Gasteiger partial charge on any atom is 0.346 e. The molecule has 3 heteroatoms. The molecular formula is C15H14O3. The quantitative estimate of drug-likeness (QED) is 0.612. The highest BCUT2D eigenvalue weighted by Gasteiger charge is 2.14. The average molecular weight is 242 g/mol. The van der Waals surface area contributed by atoms with Crippen LogP contribution < -0.4 is 0 Å². The molecule has 0 spiro atoms. The van der Waals surface area contributed by atoms with Gasteiger partial charge in [0.05, 0.1) is 5.56 Å². The van der Waals surface area contributed by atoms with Gasteiger partial charge in [-0.1, -0.05) is 43.3 Å². The van der Waals surface area contributed by atoms with E-state index in [1.54, 1.807) is 12.1 Å². The van der Waals surface area contributed by atoms with Crippen molar-refractivity contribution in [2.75, 3.05) is 0 Å². The normalized spacial score (nSPS) is 10.3. The lowest BCUT2D eigenvalue weighted by Gasteiger charge is -2.05. The second kappa shape index (κ2) is 5.45. The first kappa shape index (κ1) is 12.3. The maximum atomic E-state index is 11.9. The van der Waals surface area contributed by atoms with Crippen LogP contribution >= 0.6 is 0 Å². The zero-order chi connectivity index (χ0) is 13.0. The molecule has 0 aromatic heterocycles. The summed E-state index contributed by atoms with van der Waals surface area (Å²) in [6.45, 7) is 1.86. The first-order chi connectivity index (χ1) is 8.72. The number of ether oxygens (including phenoxy) is 1. The van der Waals surface area contributed by atoms with E-state index in [0.717, 1.165) is 10.8 Å². The Bertz CT molecular complexity index is 582. The highest BCUT2D eigenvalue weighted by Crippen LogP contribution is 2.19. The van der Waals surface area contributed by atoms with Gasteiger partial charge in [0.1, 0.15) is 0 Å². The van der Waals surface area contributed by atoms with Gasteiger partial charge in [0.2, 0.25) is 0 Å². The highest BCUT2D eigenvalue weighted by molar-refractivity contribution is 6.07. The SMILES string of the molecule is CCCC(=O)OC(=O)c1cccc2ccccc12. The summed E-state index contributed by atoms with van der Waals surface area (Å²) in [7, 11) is 0. The van der Waals surface area contributed by atoms with Gasteiger partial charge in [-0.3, -0.25) is 4.79 Å². The van der Waals surface area contributed by atoms with Gasteiger partial charge >= 0.3 is 11.9 Å². The van der Waals surface area contributed by atoms with Gasteiger partial charge in [-0.25, -0.2) is 4.79 Å². The Morgan fingerprint density at radius 2 is 1.78 bits per heavy atom. The molecule has 0 aliphatic rings. The lowest BCUT2D eigenvalue weighted by atomic mass is 10.1. The fraction of sp³-hybridized carbons (Fsp3) is 0.200. The predicted molar refractivity (Wildman–Crippen MR) is 69.3 cm³/mol. The Balaban J connectivity index is 2.30. The summed E-state index contributed by atoms with van der Waals surface area (Å²) in [5.41, 5.74) is 0.428. The fourth-order valence-corrected chi connectivity index (χ4v) is 1.82. The topological polar surface area (TPSA) is 43.4 Å². The van der Waals surface area contributed by atoms with E-state index in [1.165, 1.54) is 0 Å². The predicted octanol–water partition coefficient (Wildman–Crippen LogP) is 3.32. The number of fused-ring (bicyclic) bond motifs is 1. The van der Waals surface area contributed by atoms with Crippen molar-refractivity contribution >= 4 is 22.7 Å². The van der Waals surface area contributed by atoms with E-state index in [2.05, 4.69) is 0 Å². The molecule has 2 rings (SSSR count). The van der Waals surface area contributed by atoms with Gasteiger partial charge in [0.15, 0.2) is 0 Å². The van der Waals surface area contributed by atoms with Crippen LogP contribution in [0.4, 0.5) is 0 Å². The molecule has 0 saturated heterocycles. The Morgan fingerprint density at radius 1 is 1.06 bits per heavy atom. The number of benzene rings is 2. The van der Waals surface area contributed by atoms with E-state index in [1.807, 2.05) is 37.3 Å². The Kier molecular flexibility index (Phi) is 3.72. The first-order valence-electron chi connectivity index (χ1n) is 5.95. The van der Waals surface area contributed by atoms with E-state index in [0.29, 0.717) is 12.0 Å². The van der Waals surface area contributed by atoms with Crippen LogP contribution in [0.15, 0.2) is 42.5 Å². The largest absolute Gasteiger partial charge is 0.389 e. The minimum absolute atomic E-state index is 0.260. The lowest BCUT2D eigenvalue weighted by molar-refractivity contribution is -0.137. The van der Waals surface area contributed by atoms with Crippen LogP contribution in [0.1, 0.15) is 30.1 Å². The zero-order valence-corrected chi connectivity index (χ0v) is 10.2. The van der Waals surface area contributed by atoms with Crippen LogP contribution in [0, 0.1) is 0 Å². The molecule has 0 amide bonds. The zero-order valence-electron chi connectivity index (χ0n) is 10.2. The van der Waals surface area contributed by atoms with Crippen LogP contribution in [0.25, 0.3) is 10.8 Å². The van der Waals surface area contributed by atoms with E-state index in [4.69, 9.17) is 4.74 Å². The number of carbonyl (C=O) groups is 2. The maximum absolute atomic E-state index is 11.9. The van der Waals surface area contributed by atoms with Crippen molar-refractivity contribution in [3.05, 3.63) is 48.0 Å². The molecule has 0 bridgehead atoms. The van der Waals surface area contributed by atoms with E-state index in [-0.39, 0.29) is 6.42 Å². The van der Waals surface area contributed by atoms with Crippen LogP contribution in [-0.4, -0.2) is 11.9 Å². The smallest absolute Gasteiger partial charge is 0.346 e. The van der Waals surface area contributed by atoms with E-state index in [9.17, 15) is 9.59 Å². The molecule has 0 fully saturated rings. The standard InChI is InChI=1S/C15H14O3/c1-2-6-14(16)18-15(17)13-10-5-8-11-7-3-4-9-12(11)13/h3-5,7-10H,2,6H2,1H3. The number of esters is 2. The Labute approximate surface area is 105 Å². The van der Waals surface area contributed by atoms with Crippen LogP contribution in [0.5, 0.6) is 0 Å². The molecule has 0 heterocycles. The molecular weight excluding hydrogens is 228 g/mol. The molecule has 92 valence electrons. The van der Waals surface area contributed by atoms with Gasteiger partial charge in [0, 0.05) is 6.42 Å². The molecule has 2 aromatic rings. The molecule has 0 radical (unpaired) electrons. The summed E-state index contributed by atoms with van der Waals surface area (Å²) >= 11 is 0. The lowest BCUT2D eigenvalue weighted by Crippen LogP contribution is -2.12. The summed E-state index contributed by atoms with van der Waals surface area (Å²) in [4.78, 5) is 23.2. The van der Waals surface area contributed by atoms with Crippen molar-refractivity contribution in [2.45, 2.75) is 19.8 Å². The van der Waals surface area contributed by atoms with Crippen molar-refractivity contribution in [1.29, 1.82) is 0 Å². The van der Waals surface area contributed by atoms with Crippen molar-refractivity contribution in [1.82, 2.24) is 0 Å². The summed E-state index contributed by atoms with van der Waals surface area (Å²) in [5, 5.41) is 1.75. The van der Waals surface area contributed by atoms with E-state index < -0.39 is 11.9 Å². The van der Waals surface area contributed by atoms with Crippen molar-refractivity contribution in [2.24, 2.45) is 0 Å². The molecule has 0 aliphatic heterocycles. The summed E-state index contributed by atoms with van der Waals surface area (Å²) in [6, 6.07) is 12.9. The Morgan fingerprint density at radius 3 is 2.56 bits per heavy atom. The van der Waals surface area contributed by atoms with E-state index >= 15 is 0 Å². The monoisotopic (exact) mass is 242 g/mol. The van der Waals surface area contributed by atoms with Gasteiger partial charge < -0.3 is 4.74 Å². The third-order valence-corrected chi connectivity index (χ3v) is 2.67. The van der Waals surface area contributed by atoms with Crippen LogP contribution in [0.3, 0.4) is 0 Å². The fourth-order valence-electron chi connectivity index (χ4n) is 1.82. The average Bonchev–Trinajstić information content (AvgIpc) is 2.38. The highest BCUT2D eigenvalue weighted by atomic mass is 16.6. The second-order valence-electron chi connectivity index (χ2n) is 4.04. The third-order valence-electron chi connectivity index (χ3n) is 2.67. The molecule has 0 saturated carbocycles.